The first kappa shape index (κ1) is 24.8. The van der Waals surface area contributed by atoms with Gasteiger partial charge in [-0.1, -0.05) is 6.92 Å². The molecular weight excluding hydrogens is 368 g/mol. The van der Waals surface area contributed by atoms with Crippen molar-refractivity contribution in [1.29, 1.82) is 0 Å². The average Bonchev–Trinajstić information content (AvgIpc) is 2.83. The summed E-state index contributed by atoms with van der Waals surface area (Å²) in [6.45, 7) is 15.3. The molecule has 1 aromatic rings. The van der Waals surface area contributed by atoms with E-state index in [1.54, 1.807) is 19.0 Å². The third kappa shape index (κ3) is 8.33. The maximum absolute atomic E-state index is 12.1. The number of aryl methyl sites for hydroxylation is 2. The number of guanidine groups is 1. The van der Waals surface area contributed by atoms with Crippen LogP contribution in [0.5, 0.6) is 0 Å². The summed E-state index contributed by atoms with van der Waals surface area (Å²) in [5.41, 5.74) is 3.05. The first-order valence-electron chi connectivity index (χ1n) is 10.2. The van der Waals surface area contributed by atoms with Crippen LogP contribution in [0, 0.1) is 19.8 Å². The molecule has 2 N–H and O–H groups in total. The Hall–Kier alpha value is -2.25. The van der Waals surface area contributed by atoms with E-state index in [1.165, 1.54) is 11.3 Å². The number of nitrogens with one attached hydrogen (secondary N) is 2. The fraction of sp³-hybridized carbons (Fsp3) is 0.762. The number of amides is 1. The number of ether oxygens (including phenoxy) is 1. The van der Waals surface area contributed by atoms with Gasteiger partial charge >= 0.3 is 6.09 Å². The summed E-state index contributed by atoms with van der Waals surface area (Å²) < 4.78 is 7.32. The minimum atomic E-state index is -0.486. The van der Waals surface area contributed by atoms with Crippen molar-refractivity contribution in [2.75, 3.05) is 27.2 Å². The smallest absolute Gasteiger partial charge is 0.410 e. The van der Waals surface area contributed by atoms with Gasteiger partial charge in [-0.05, 0) is 59.4 Å². The summed E-state index contributed by atoms with van der Waals surface area (Å²) in [4.78, 5) is 18.0. The summed E-state index contributed by atoms with van der Waals surface area (Å²) in [7, 11) is 5.50. The minimum absolute atomic E-state index is 0.211. The fourth-order valence-corrected chi connectivity index (χ4v) is 3.12. The van der Waals surface area contributed by atoms with Crippen LogP contribution in [0.4, 0.5) is 4.79 Å². The van der Waals surface area contributed by atoms with Gasteiger partial charge in [0, 0.05) is 46.0 Å². The zero-order chi connectivity index (χ0) is 22.4. The number of carbonyl (C=O) groups is 1. The van der Waals surface area contributed by atoms with Crippen molar-refractivity contribution in [3.8, 4) is 0 Å². The zero-order valence-corrected chi connectivity index (χ0v) is 19.9. The van der Waals surface area contributed by atoms with Crippen LogP contribution in [0.25, 0.3) is 0 Å². The monoisotopic (exact) mass is 408 g/mol. The molecule has 0 bridgehead atoms. The highest BCUT2D eigenvalue weighted by molar-refractivity contribution is 5.80. The third-order valence-electron chi connectivity index (χ3n) is 4.68. The van der Waals surface area contributed by atoms with Crippen molar-refractivity contribution in [3.05, 3.63) is 17.0 Å². The number of rotatable bonds is 7. The van der Waals surface area contributed by atoms with Crippen LogP contribution in [0.1, 0.15) is 51.6 Å². The van der Waals surface area contributed by atoms with E-state index in [0.717, 1.165) is 18.1 Å². The summed E-state index contributed by atoms with van der Waals surface area (Å²) >= 11 is 0. The van der Waals surface area contributed by atoms with E-state index in [2.05, 4.69) is 41.5 Å². The van der Waals surface area contributed by atoms with Crippen molar-refractivity contribution in [1.82, 2.24) is 25.3 Å². The molecule has 29 heavy (non-hydrogen) atoms. The molecule has 2 unspecified atom stereocenters. The lowest BCUT2D eigenvalue weighted by Crippen LogP contribution is -2.46. The maximum Gasteiger partial charge on any atom is 0.410 e. The number of hydrogen-bond donors (Lipinski definition) is 2. The summed E-state index contributed by atoms with van der Waals surface area (Å²) in [6, 6.07) is 0.211. The molecule has 0 aliphatic carbocycles. The molecular formula is C21H40N6O2. The highest BCUT2D eigenvalue weighted by atomic mass is 16.6. The molecule has 0 aliphatic heterocycles. The van der Waals surface area contributed by atoms with Gasteiger partial charge in [-0.15, -0.1) is 0 Å². The lowest BCUT2D eigenvalue weighted by atomic mass is 10.1. The SMILES string of the molecule is CN=C(NCC(C)CN(C)C(=O)OC(C)(C)C)NC(C)Cc1c(C)nn(C)c1C. The van der Waals surface area contributed by atoms with Crippen LogP contribution in [0.2, 0.25) is 0 Å². The van der Waals surface area contributed by atoms with E-state index in [4.69, 9.17) is 4.74 Å². The van der Waals surface area contributed by atoms with Gasteiger partial charge < -0.3 is 20.3 Å². The van der Waals surface area contributed by atoms with Crippen LogP contribution < -0.4 is 10.6 Å². The largest absolute Gasteiger partial charge is 0.444 e. The molecule has 8 heteroatoms. The Labute approximate surface area is 176 Å². The first-order chi connectivity index (χ1) is 13.3. The van der Waals surface area contributed by atoms with Gasteiger partial charge in [0.1, 0.15) is 5.60 Å². The minimum Gasteiger partial charge on any atom is -0.444 e. The summed E-state index contributed by atoms with van der Waals surface area (Å²) in [5.74, 6) is 0.993. The van der Waals surface area contributed by atoms with Gasteiger partial charge in [0.25, 0.3) is 0 Å². The van der Waals surface area contributed by atoms with E-state index in [0.29, 0.717) is 13.1 Å². The number of aromatic nitrogens is 2. The lowest BCUT2D eigenvalue weighted by Gasteiger charge is -2.27. The molecule has 0 aromatic carbocycles. The van der Waals surface area contributed by atoms with Crippen molar-refractivity contribution in [2.45, 2.75) is 66.5 Å². The number of carbonyl (C=O) groups excluding carboxylic acids is 1. The van der Waals surface area contributed by atoms with Crippen molar-refractivity contribution < 1.29 is 9.53 Å². The summed E-state index contributed by atoms with van der Waals surface area (Å²) in [6.07, 6.45) is 0.575. The normalized spacial score (nSPS) is 14.3. The van der Waals surface area contributed by atoms with Crippen LogP contribution in [-0.2, 0) is 18.2 Å². The quantitative estimate of drug-likeness (QED) is 0.535. The third-order valence-corrected chi connectivity index (χ3v) is 4.68. The molecule has 1 aromatic heterocycles. The molecule has 0 spiro atoms. The Bertz CT molecular complexity index is 705. The van der Waals surface area contributed by atoms with Gasteiger partial charge in [0.2, 0.25) is 0 Å². The van der Waals surface area contributed by atoms with E-state index >= 15 is 0 Å². The molecule has 166 valence electrons. The lowest BCUT2D eigenvalue weighted by molar-refractivity contribution is 0.0278. The van der Waals surface area contributed by atoms with Gasteiger partial charge in [-0.25, -0.2) is 4.79 Å². The van der Waals surface area contributed by atoms with E-state index < -0.39 is 5.60 Å². The second kappa shape index (κ2) is 10.5. The van der Waals surface area contributed by atoms with E-state index in [9.17, 15) is 4.79 Å². The van der Waals surface area contributed by atoms with E-state index in [-0.39, 0.29) is 18.1 Å². The Morgan fingerprint density at radius 1 is 1.31 bits per heavy atom. The molecule has 0 aliphatic rings. The molecule has 1 rings (SSSR count). The predicted octanol–water partition coefficient (Wildman–Crippen LogP) is 2.64. The Kier molecular flexibility index (Phi) is 8.98. The summed E-state index contributed by atoms with van der Waals surface area (Å²) in [5, 5.41) is 11.3. The number of nitrogens with zero attached hydrogens (tertiary/aromatic N) is 4. The first-order valence-corrected chi connectivity index (χ1v) is 10.2. The maximum atomic E-state index is 12.1. The van der Waals surface area contributed by atoms with Gasteiger partial charge in [-0.3, -0.25) is 9.67 Å². The van der Waals surface area contributed by atoms with Crippen LogP contribution in [0.15, 0.2) is 4.99 Å². The Balaban J connectivity index is 2.49. The molecule has 1 amide bonds. The number of aliphatic imine (C=N–C) groups is 1. The molecule has 2 atom stereocenters. The standard InChI is InChI=1S/C21H40N6O2/c1-14(13-26(9)20(28)29-21(5,6)7)12-23-19(22-8)24-15(2)11-18-16(3)25-27(10)17(18)4/h14-15H,11-13H2,1-10H3,(H2,22,23,24). The van der Waals surface area contributed by atoms with Gasteiger partial charge in [0.15, 0.2) is 5.96 Å². The molecule has 0 saturated carbocycles. The second-order valence-corrected chi connectivity index (χ2v) is 8.94. The average molecular weight is 409 g/mol. The molecule has 0 fully saturated rings. The molecule has 0 radical (unpaired) electrons. The van der Waals surface area contributed by atoms with Gasteiger partial charge in [0.05, 0.1) is 5.69 Å². The molecule has 1 heterocycles. The molecule has 8 nitrogen and oxygen atoms in total. The highest BCUT2D eigenvalue weighted by Gasteiger charge is 2.21. The van der Waals surface area contributed by atoms with Crippen LogP contribution in [-0.4, -0.2) is 65.6 Å². The van der Waals surface area contributed by atoms with Crippen LogP contribution >= 0.6 is 0 Å². The van der Waals surface area contributed by atoms with E-state index in [1.807, 2.05) is 39.4 Å². The number of hydrogen-bond acceptors (Lipinski definition) is 4. The Morgan fingerprint density at radius 3 is 2.41 bits per heavy atom. The van der Waals surface area contributed by atoms with Crippen molar-refractivity contribution >= 4 is 12.1 Å². The topological polar surface area (TPSA) is 83.8 Å². The van der Waals surface area contributed by atoms with Crippen molar-refractivity contribution in [3.63, 3.8) is 0 Å². The predicted molar refractivity (Wildman–Crippen MR) is 118 cm³/mol. The zero-order valence-electron chi connectivity index (χ0n) is 19.9. The molecule has 0 saturated heterocycles. The second-order valence-electron chi connectivity index (χ2n) is 8.94. The van der Waals surface area contributed by atoms with Crippen LogP contribution in [0.3, 0.4) is 0 Å². The highest BCUT2D eigenvalue weighted by Crippen LogP contribution is 2.14. The van der Waals surface area contributed by atoms with Crippen molar-refractivity contribution in [2.24, 2.45) is 18.0 Å². The van der Waals surface area contributed by atoms with Gasteiger partial charge in [-0.2, -0.15) is 5.10 Å². The fourth-order valence-electron chi connectivity index (χ4n) is 3.12. The Morgan fingerprint density at radius 2 is 1.93 bits per heavy atom.